The maximum atomic E-state index is 12.6. The molecular weight excluding hydrogens is 374 g/mol. The van der Waals surface area contributed by atoms with Gasteiger partial charge in [-0.1, -0.05) is 35.4 Å². The van der Waals surface area contributed by atoms with Crippen molar-refractivity contribution in [3.8, 4) is 5.75 Å². The lowest BCUT2D eigenvalue weighted by Gasteiger charge is -2.11. The Labute approximate surface area is 165 Å². The highest BCUT2D eigenvalue weighted by molar-refractivity contribution is 7.92. The Hall–Kier alpha value is -3.12. The largest absolute Gasteiger partial charge is 0.423 e. The van der Waals surface area contributed by atoms with Crippen molar-refractivity contribution in [1.29, 1.82) is 0 Å². The smallest absolute Gasteiger partial charge is 0.343 e. The van der Waals surface area contributed by atoms with Crippen LogP contribution >= 0.6 is 0 Å². The van der Waals surface area contributed by atoms with Gasteiger partial charge in [0.25, 0.3) is 10.0 Å². The number of hydrogen-bond acceptors (Lipinski definition) is 4. The van der Waals surface area contributed by atoms with Crippen LogP contribution in [0.25, 0.3) is 0 Å². The first-order chi connectivity index (χ1) is 13.2. The van der Waals surface area contributed by atoms with Crippen molar-refractivity contribution in [2.75, 3.05) is 4.72 Å². The number of hydrogen-bond donors (Lipinski definition) is 1. The van der Waals surface area contributed by atoms with Crippen LogP contribution in [0.2, 0.25) is 0 Å². The first-order valence-electron chi connectivity index (χ1n) is 8.73. The summed E-state index contributed by atoms with van der Waals surface area (Å²) in [6, 6.07) is 18.4. The fraction of sp³-hybridized carbons (Fsp3) is 0.136. The number of aryl methyl sites for hydroxylation is 3. The fourth-order valence-electron chi connectivity index (χ4n) is 2.76. The van der Waals surface area contributed by atoms with Gasteiger partial charge in [0.15, 0.2) is 0 Å². The van der Waals surface area contributed by atoms with Gasteiger partial charge < -0.3 is 4.74 Å². The van der Waals surface area contributed by atoms with Crippen molar-refractivity contribution in [2.24, 2.45) is 0 Å². The molecule has 0 saturated heterocycles. The number of nitrogens with one attached hydrogen (secondary N) is 1. The van der Waals surface area contributed by atoms with Crippen molar-refractivity contribution in [1.82, 2.24) is 0 Å². The number of ether oxygens (including phenoxy) is 1. The Kier molecular flexibility index (Phi) is 5.51. The maximum absolute atomic E-state index is 12.6. The average Bonchev–Trinajstić information content (AvgIpc) is 2.63. The SMILES string of the molecule is Cc1ccc(C(=O)Oc2ccc(NS(=O)(=O)c3ccc(C)cc3C)cc2)cc1. The van der Waals surface area contributed by atoms with E-state index in [1.54, 1.807) is 55.5 Å². The van der Waals surface area contributed by atoms with E-state index in [-0.39, 0.29) is 4.90 Å². The summed E-state index contributed by atoms with van der Waals surface area (Å²) in [5.74, 6) is -0.136. The molecule has 0 amide bonds. The molecular formula is C22H21NO4S. The molecule has 0 spiro atoms. The van der Waals surface area contributed by atoms with Gasteiger partial charge in [-0.15, -0.1) is 0 Å². The fourth-order valence-corrected chi connectivity index (χ4v) is 4.04. The van der Waals surface area contributed by atoms with Gasteiger partial charge in [0.05, 0.1) is 10.5 Å². The third-order valence-corrected chi connectivity index (χ3v) is 5.77. The van der Waals surface area contributed by atoms with Crippen LogP contribution in [0.5, 0.6) is 5.75 Å². The van der Waals surface area contributed by atoms with Crippen LogP contribution in [0, 0.1) is 20.8 Å². The first kappa shape index (κ1) is 19.6. The second kappa shape index (κ2) is 7.86. The monoisotopic (exact) mass is 395 g/mol. The Morgan fingerprint density at radius 1 is 0.821 bits per heavy atom. The summed E-state index contributed by atoms with van der Waals surface area (Å²) in [6.45, 7) is 5.61. The van der Waals surface area contributed by atoms with Crippen molar-refractivity contribution in [3.05, 3.63) is 89.0 Å². The normalized spacial score (nSPS) is 11.1. The number of esters is 1. The molecule has 0 aliphatic heterocycles. The van der Waals surface area contributed by atoms with Crippen molar-refractivity contribution < 1.29 is 17.9 Å². The minimum absolute atomic E-state index is 0.230. The van der Waals surface area contributed by atoms with E-state index in [2.05, 4.69) is 4.72 Å². The van der Waals surface area contributed by atoms with E-state index in [9.17, 15) is 13.2 Å². The summed E-state index contributed by atoms with van der Waals surface area (Å²) < 4.78 is 33.1. The van der Waals surface area contributed by atoms with E-state index in [1.165, 1.54) is 0 Å². The second-order valence-corrected chi connectivity index (χ2v) is 8.31. The molecule has 0 fully saturated rings. The van der Waals surface area contributed by atoms with E-state index in [1.807, 2.05) is 32.0 Å². The van der Waals surface area contributed by atoms with E-state index in [0.29, 0.717) is 22.6 Å². The number of carbonyl (C=O) groups excluding carboxylic acids is 1. The van der Waals surface area contributed by atoms with Crippen LogP contribution in [0.4, 0.5) is 5.69 Å². The molecule has 6 heteroatoms. The standard InChI is InChI=1S/C22H21NO4S/c1-15-4-7-18(8-5-15)22(24)27-20-11-9-19(10-12-20)23-28(25,26)21-13-6-16(2)14-17(21)3/h4-14,23H,1-3H3. The van der Waals surface area contributed by atoms with Crippen LogP contribution in [-0.4, -0.2) is 14.4 Å². The van der Waals surface area contributed by atoms with Crippen molar-refractivity contribution in [3.63, 3.8) is 0 Å². The quantitative estimate of drug-likeness (QED) is 0.505. The molecule has 144 valence electrons. The van der Waals surface area contributed by atoms with E-state index < -0.39 is 16.0 Å². The van der Waals surface area contributed by atoms with Crippen LogP contribution in [-0.2, 0) is 10.0 Å². The minimum Gasteiger partial charge on any atom is -0.423 e. The third kappa shape index (κ3) is 4.58. The highest BCUT2D eigenvalue weighted by Crippen LogP contribution is 2.22. The summed E-state index contributed by atoms with van der Waals surface area (Å²) in [7, 11) is -3.70. The molecule has 3 rings (SSSR count). The zero-order chi connectivity index (χ0) is 20.3. The second-order valence-electron chi connectivity index (χ2n) is 6.65. The van der Waals surface area contributed by atoms with Gasteiger partial charge in [-0.2, -0.15) is 0 Å². The minimum atomic E-state index is -3.70. The summed E-state index contributed by atoms with van der Waals surface area (Å²) in [4.78, 5) is 12.4. The predicted molar refractivity (Wildman–Crippen MR) is 109 cm³/mol. The molecule has 3 aromatic rings. The molecule has 3 aromatic carbocycles. The van der Waals surface area contributed by atoms with Gasteiger partial charge in [-0.25, -0.2) is 13.2 Å². The average molecular weight is 395 g/mol. The molecule has 0 aromatic heterocycles. The summed E-state index contributed by atoms with van der Waals surface area (Å²) in [5.41, 5.74) is 3.56. The van der Waals surface area contributed by atoms with Crippen LogP contribution in [0.1, 0.15) is 27.0 Å². The van der Waals surface area contributed by atoms with Crippen LogP contribution in [0.3, 0.4) is 0 Å². The van der Waals surface area contributed by atoms with Crippen LogP contribution in [0.15, 0.2) is 71.6 Å². The van der Waals surface area contributed by atoms with Gasteiger partial charge in [0, 0.05) is 5.69 Å². The number of benzene rings is 3. The van der Waals surface area contributed by atoms with E-state index >= 15 is 0 Å². The lowest BCUT2D eigenvalue weighted by atomic mass is 10.1. The number of rotatable bonds is 5. The molecule has 0 aliphatic carbocycles. The number of carbonyl (C=O) groups is 1. The predicted octanol–water partition coefficient (Wildman–Crippen LogP) is 4.63. The molecule has 0 radical (unpaired) electrons. The summed E-state index contributed by atoms with van der Waals surface area (Å²) in [6.07, 6.45) is 0. The zero-order valence-corrected chi connectivity index (χ0v) is 16.7. The van der Waals surface area contributed by atoms with Gasteiger partial charge in [0.1, 0.15) is 5.75 Å². The molecule has 0 aliphatic rings. The lowest BCUT2D eigenvalue weighted by molar-refractivity contribution is 0.0734. The Balaban J connectivity index is 1.72. The molecule has 0 heterocycles. The van der Waals surface area contributed by atoms with Crippen LogP contribution < -0.4 is 9.46 Å². The van der Waals surface area contributed by atoms with Gasteiger partial charge in [0.2, 0.25) is 0 Å². The third-order valence-electron chi connectivity index (χ3n) is 4.22. The van der Waals surface area contributed by atoms with Crippen molar-refractivity contribution >= 4 is 21.7 Å². The molecule has 0 saturated carbocycles. The molecule has 0 unspecified atom stereocenters. The Morgan fingerprint density at radius 3 is 2.04 bits per heavy atom. The Morgan fingerprint density at radius 2 is 1.43 bits per heavy atom. The zero-order valence-electron chi connectivity index (χ0n) is 15.9. The number of sulfonamides is 1. The first-order valence-corrected chi connectivity index (χ1v) is 10.2. The topological polar surface area (TPSA) is 72.5 Å². The summed E-state index contributed by atoms with van der Waals surface area (Å²) >= 11 is 0. The molecule has 0 atom stereocenters. The maximum Gasteiger partial charge on any atom is 0.343 e. The van der Waals surface area contributed by atoms with E-state index in [4.69, 9.17) is 4.74 Å². The van der Waals surface area contributed by atoms with Crippen molar-refractivity contribution in [2.45, 2.75) is 25.7 Å². The van der Waals surface area contributed by atoms with Gasteiger partial charge in [-0.3, -0.25) is 4.72 Å². The highest BCUT2D eigenvalue weighted by Gasteiger charge is 2.17. The molecule has 28 heavy (non-hydrogen) atoms. The Bertz CT molecular complexity index is 1100. The van der Waals surface area contributed by atoms with Gasteiger partial charge in [-0.05, 0) is 68.8 Å². The highest BCUT2D eigenvalue weighted by atomic mass is 32.2. The molecule has 0 bridgehead atoms. The number of anilines is 1. The van der Waals surface area contributed by atoms with Gasteiger partial charge >= 0.3 is 5.97 Å². The summed E-state index contributed by atoms with van der Waals surface area (Å²) in [5, 5.41) is 0. The molecule has 5 nitrogen and oxygen atoms in total. The molecule has 1 N–H and O–H groups in total. The lowest BCUT2D eigenvalue weighted by Crippen LogP contribution is -2.14. The van der Waals surface area contributed by atoms with E-state index in [0.717, 1.165) is 11.1 Å².